The fourth-order valence-corrected chi connectivity index (χ4v) is 2.67. The number of anilines is 1. The fraction of sp³-hybridized carbons (Fsp3) is 0.571. The standard InChI is InChI=1S/C14H21FN2/c1-10-8-12(15)6-7-13(10)17-14-5-3-2-4-11(14)9-16/h6-8,11,14,17H,2-5,9,16H2,1H3. The van der Waals surface area contributed by atoms with Crippen LogP contribution in [0.1, 0.15) is 31.2 Å². The molecule has 2 unspecified atom stereocenters. The van der Waals surface area contributed by atoms with E-state index in [-0.39, 0.29) is 5.82 Å². The van der Waals surface area contributed by atoms with Gasteiger partial charge in [-0.1, -0.05) is 12.8 Å². The fourth-order valence-electron chi connectivity index (χ4n) is 2.67. The molecule has 1 fully saturated rings. The smallest absolute Gasteiger partial charge is 0.123 e. The van der Waals surface area contributed by atoms with Gasteiger partial charge in [-0.2, -0.15) is 0 Å². The van der Waals surface area contributed by atoms with Crippen molar-refractivity contribution in [3.63, 3.8) is 0 Å². The second kappa shape index (κ2) is 5.50. The highest BCUT2D eigenvalue weighted by Gasteiger charge is 2.23. The minimum atomic E-state index is -0.174. The lowest BCUT2D eigenvalue weighted by molar-refractivity contribution is 0.332. The van der Waals surface area contributed by atoms with Crippen LogP contribution in [0.2, 0.25) is 0 Å². The third-order valence-electron chi connectivity index (χ3n) is 3.74. The maximum absolute atomic E-state index is 13.0. The van der Waals surface area contributed by atoms with E-state index in [9.17, 15) is 4.39 Å². The molecule has 0 aromatic heterocycles. The molecule has 1 aliphatic carbocycles. The van der Waals surface area contributed by atoms with Crippen LogP contribution in [-0.2, 0) is 0 Å². The summed E-state index contributed by atoms with van der Waals surface area (Å²) in [6.45, 7) is 2.67. The van der Waals surface area contributed by atoms with Gasteiger partial charge in [0.15, 0.2) is 0 Å². The van der Waals surface area contributed by atoms with E-state index in [0.717, 1.165) is 17.8 Å². The van der Waals surface area contributed by atoms with Crippen LogP contribution in [0.5, 0.6) is 0 Å². The highest BCUT2D eigenvalue weighted by atomic mass is 19.1. The molecule has 94 valence electrons. The monoisotopic (exact) mass is 236 g/mol. The minimum Gasteiger partial charge on any atom is -0.382 e. The molecule has 2 rings (SSSR count). The third kappa shape index (κ3) is 2.97. The van der Waals surface area contributed by atoms with Crippen molar-refractivity contribution in [3.05, 3.63) is 29.6 Å². The molecule has 0 aliphatic heterocycles. The van der Waals surface area contributed by atoms with Gasteiger partial charge < -0.3 is 11.1 Å². The summed E-state index contributed by atoms with van der Waals surface area (Å²) in [7, 11) is 0. The summed E-state index contributed by atoms with van der Waals surface area (Å²) in [5, 5.41) is 3.53. The number of nitrogens with one attached hydrogen (secondary N) is 1. The molecule has 17 heavy (non-hydrogen) atoms. The molecule has 3 N–H and O–H groups in total. The average Bonchev–Trinajstić information content (AvgIpc) is 2.33. The summed E-state index contributed by atoms with van der Waals surface area (Å²) in [5.74, 6) is 0.375. The highest BCUT2D eigenvalue weighted by molar-refractivity contribution is 5.51. The molecule has 1 aliphatic rings. The van der Waals surface area contributed by atoms with Crippen molar-refractivity contribution in [1.82, 2.24) is 0 Å². The van der Waals surface area contributed by atoms with Crippen LogP contribution in [0.4, 0.5) is 10.1 Å². The van der Waals surface area contributed by atoms with Crippen molar-refractivity contribution < 1.29 is 4.39 Å². The molecule has 1 saturated carbocycles. The Morgan fingerprint density at radius 3 is 2.82 bits per heavy atom. The first kappa shape index (κ1) is 12.4. The first-order valence-corrected chi connectivity index (χ1v) is 6.43. The molecular formula is C14H21FN2. The van der Waals surface area contributed by atoms with Crippen LogP contribution in [-0.4, -0.2) is 12.6 Å². The molecule has 3 heteroatoms. The lowest BCUT2D eigenvalue weighted by Crippen LogP contribution is -2.36. The normalized spacial score (nSPS) is 24.6. The summed E-state index contributed by atoms with van der Waals surface area (Å²) in [6.07, 6.45) is 4.91. The van der Waals surface area contributed by atoms with E-state index in [2.05, 4.69) is 5.32 Å². The van der Waals surface area contributed by atoms with Gasteiger partial charge in [-0.3, -0.25) is 0 Å². The number of rotatable bonds is 3. The molecule has 2 nitrogen and oxygen atoms in total. The zero-order valence-electron chi connectivity index (χ0n) is 10.4. The molecule has 0 radical (unpaired) electrons. The molecular weight excluding hydrogens is 215 g/mol. The molecule has 2 atom stereocenters. The predicted octanol–water partition coefficient (Wildman–Crippen LogP) is 3.06. The van der Waals surface area contributed by atoms with Crippen LogP contribution < -0.4 is 11.1 Å². The van der Waals surface area contributed by atoms with E-state index < -0.39 is 0 Å². The van der Waals surface area contributed by atoms with Crippen molar-refractivity contribution in [2.75, 3.05) is 11.9 Å². The number of nitrogens with two attached hydrogens (primary N) is 1. The van der Waals surface area contributed by atoms with E-state index in [0.29, 0.717) is 12.0 Å². The molecule has 0 spiro atoms. The Kier molecular flexibility index (Phi) is 4.00. The van der Waals surface area contributed by atoms with Gasteiger partial charge in [-0.05, 0) is 56.0 Å². The average molecular weight is 236 g/mol. The number of aryl methyl sites for hydroxylation is 1. The predicted molar refractivity (Wildman–Crippen MR) is 69.6 cm³/mol. The van der Waals surface area contributed by atoms with Gasteiger partial charge in [-0.15, -0.1) is 0 Å². The van der Waals surface area contributed by atoms with Gasteiger partial charge in [0.25, 0.3) is 0 Å². The Morgan fingerprint density at radius 1 is 1.35 bits per heavy atom. The number of halogens is 1. The van der Waals surface area contributed by atoms with Crippen LogP contribution in [0, 0.1) is 18.7 Å². The summed E-state index contributed by atoms with van der Waals surface area (Å²) in [4.78, 5) is 0. The van der Waals surface area contributed by atoms with Crippen LogP contribution in [0.3, 0.4) is 0 Å². The second-order valence-electron chi connectivity index (χ2n) is 4.99. The van der Waals surface area contributed by atoms with Crippen LogP contribution in [0.25, 0.3) is 0 Å². The van der Waals surface area contributed by atoms with E-state index in [1.54, 1.807) is 6.07 Å². The summed E-state index contributed by atoms with van der Waals surface area (Å²) >= 11 is 0. The van der Waals surface area contributed by atoms with Crippen LogP contribution >= 0.6 is 0 Å². The summed E-state index contributed by atoms with van der Waals surface area (Å²) in [5.41, 5.74) is 7.81. The van der Waals surface area contributed by atoms with Gasteiger partial charge in [0.1, 0.15) is 5.82 Å². The molecule has 0 amide bonds. The second-order valence-corrected chi connectivity index (χ2v) is 4.99. The lowest BCUT2D eigenvalue weighted by atomic mass is 9.84. The van der Waals surface area contributed by atoms with Gasteiger partial charge in [0.2, 0.25) is 0 Å². The Labute approximate surface area is 102 Å². The topological polar surface area (TPSA) is 38.0 Å². The molecule has 0 heterocycles. The molecule has 0 bridgehead atoms. The third-order valence-corrected chi connectivity index (χ3v) is 3.74. The molecule has 0 saturated heterocycles. The molecule has 1 aromatic rings. The Hall–Kier alpha value is -1.09. The summed E-state index contributed by atoms with van der Waals surface area (Å²) < 4.78 is 13.0. The van der Waals surface area contributed by atoms with E-state index in [1.807, 2.05) is 13.0 Å². The highest BCUT2D eigenvalue weighted by Crippen LogP contribution is 2.27. The minimum absolute atomic E-state index is 0.174. The Balaban J connectivity index is 2.08. The van der Waals surface area contributed by atoms with Crippen molar-refractivity contribution in [1.29, 1.82) is 0 Å². The maximum atomic E-state index is 13.0. The van der Waals surface area contributed by atoms with E-state index in [4.69, 9.17) is 5.73 Å². The SMILES string of the molecule is Cc1cc(F)ccc1NC1CCCCC1CN. The first-order chi connectivity index (χ1) is 8.20. The van der Waals surface area contributed by atoms with Crippen molar-refractivity contribution in [2.24, 2.45) is 11.7 Å². The largest absolute Gasteiger partial charge is 0.382 e. The van der Waals surface area contributed by atoms with Gasteiger partial charge in [0.05, 0.1) is 0 Å². The maximum Gasteiger partial charge on any atom is 0.123 e. The Bertz CT molecular complexity index is 378. The number of hydrogen-bond donors (Lipinski definition) is 2. The van der Waals surface area contributed by atoms with E-state index >= 15 is 0 Å². The first-order valence-electron chi connectivity index (χ1n) is 6.43. The van der Waals surface area contributed by atoms with Crippen molar-refractivity contribution >= 4 is 5.69 Å². The van der Waals surface area contributed by atoms with Crippen molar-refractivity contribution in [3.8, 4) is 0 Å². The van der Waals surface area contributed by atoms with Gasteiger partial charge in [-0.25, -0.2) is 4.39 Å². The zero-order chi connectivity index (χ0) is 12.3. The summed E-state index contributed by atoms with van der Waals surface area (Å²) in [6, 6.07) is 5.35. The number of benzene rings is 1. The van der Waals surface area contributed by atoms with Gasteiger partial charge >= 0.3 is 0 Å². The lowest BCUT2D eigenvalue weighted by Gasteiger charge is -2.32. The molecule has 1 aromatic carbocycles. The van der Waals surface area contributed by atoms with Crippen molar-refractivity contribution in [2.45, 2.75) is 38.6 Å². The van der Waals surface area contributed by atoms with E-state index in [1.165, 1.54) is 31.7 Å². The number of hydrogen-bond acceptors (Lipinski definition) is 2. The quantitative estimate of drug-likeness (QED) is 0.846. The van der Waals surface area contributed by atoms with Gasteiger partial charge in [0, 0.05) is 11.7 Å². The Morgan fingerprint density at radius 2 is 2.12 bits per heavy atom. The van der Waals surface area contributed by atoms with Crippen LogP contribution in [0.15, 0.2) is 18.2 Å². The zero-order valence-corrected chi connectivity index (χ0v) is 10.4.